The first-order valence-electron chi connectivity index (χ1n) is 3.51. The van der Waals surface area contributed by atoms with Gasteiger partial charge in [0.1, 0.15) is 0 Å². The predicted molar refractivity (Wildman–Crippen MR) is 42.5 cm³/mol. The molecule has 0 radical (unpaired) electrons. The van der Waals surface area contributed by atoms with Crippen LogP contribution < -0.4 is 5.32 Å². The quantitative estimate of drug-likeness (QED) is 0.672. The van der Waals surface area contributed by atoms with Gasteiger partial charge in [0.2, 0.25) is 5.91 Å². The maximum Gasteiger partial charge on any atom is 0.220 e. The van der Waals surface area contributed by atoms with Crippen molar-refractivity contribution in [3.05, 3.63) is 16.6 Å². The van der Waals surface area contributed by atoms with E-state index in [-0.39, 0.29) is 5.91 Å². The van der Waals surface area contributed by atoms with Gasteiger partial charge >= 0.3 is 0 Å². The molecule has 0 spiro atoms. The van der Waals surface area contributed by atoms with Crippen LogP contribution in [0.2, 0.25) is 0 Å². The number of amides is 1. The van der Waals surface area contributed by atoms with E-state index in [9.17, 15) is 4.79 Å². The zero-order chi connectivity index (χ0) is 7.68. The van der Waals surface area contributed by atoms with Crippen molar-refractivity contribution in [1.29, 1.82) is 0 Å². The molecule has 1 aliphatic rings. The SMILES string of the molecule is O=C1C[C@H](c2cncs2)CN1. The molecule has 1 amide bonds. The molecule has 1 aliphatic heterocycles. The van der Waals surface area contributed by atoms with Crippen molar-refractivity contribution in [2.45, 2.75) is 12.3 Å². The Balaban J connectivity index is 2.13. The van der Waals surface area contributed by atoms with Crippen molar-refractivity contribution in [3.63, 3.8) is 0 Å². The maximum absolute atomic E-state index is 10.8. The van der Waals surface area contributed by atoms with Gasteiger partial charge in [0, 0.05) is 30.0 Å². The Kier molecular flexibility index (Phi) is 1.62. The van der Waals surface area contributed by atoms with Crippen LogP contribution in [0.25, 0.3) is 0 Å². The van der Waals surface area contributed by atoms with E-state index in [4.69, 9.17) is 0 Å². The highest BCUT2D eigenvalue weighted by atomic mass is 32.1. The first kappa shape index (κ1) is 6.79. The van der Waals surface area contributed by atoms with Gasteiger partial charge in [0.25, 0.3) is 0 Å². The molecule has 4 heteroatoms. The van der Waals surface area contributed by atoms with Crippen LogP contribution in [0.4, 0.5) is 0 Å². The number of nitrogens with zero attached hydrogens (tertiary/aromatic N) is 1. The van der Waals surface area contributed by atoms with E-state index in [1.54, 1.807) is 16.8 Å². The van der Waals surface area contributed by atoms with Gasteiger partial charge in [-0.05, 0) is 0 Å². The molecule has 11 heavy (non-hydrogen) atoms. The Morgan fingerprint density at radius 3 is 3.18 bits per heavy atom. The fraction of sp³-hybridized carbons (Fsp3) is 0.429. The van der Waals surface area contributed by atoms with Crippen LogP contribution in [0, 0.1) is 0 Å². The Morgan fingerprint density at radius 1 is 1.73 bits per heavy atom. The Labute approximate surface area is 68.5 Å². The number of carbonyl (C=O) groups excluding carboxylic acids is 1. The van der Waals surface area contributed by atoms with Crippen molar-refractivity contribution in [2.75, 3.05) is 6.54 Å². The molecule has 1 aromatic rings. The third kappa shape index (κ3) is 1.26. The van der Waals surface area contributed by atoms with Gasteiger partial charge in [-0.1, -0.05) is 0 Å². The molecule has 2 rings (SSSR count). The molecule has 0 aliphatic carbocycles. The number of hydrogen-bond donors (Lipinski definition) is 1. The van der Waals surface area contributed by atoms with Crippen molar-refractivity contribution >= 4 is 17.2 Å². The zero-order valence-electron chi connectivity index (χ0n) is 5.91. The molecule has 1 saturated heterocycles. The highest BCUT2D eigenvalue weighted by Gasteiger charge is 2.23. The number of thiazole rings is 1. The third-order valence-electron chi connectivity index (χ3n) is 1.83. The minimum absolute atomic E-state index is 0.156. The summed E-state index contributed by atoms with van der Waals surface area (Å²) in [6.07, 6.45) is 2.47. The average molecular weight is 168 g/mol. The van der Waals surface area contributed by atoms with Gasteiger partial charge < -0.3 is 5.32 Å². The van der Waals surface area contributed by atoms with E-state index in [2.05, 4.69) is 10.3 Å². The second-order valence-corrected chi connectivity index (χ2v) is 3.53. The van der Waals surface area contributed by atoms with Gasteiger partial charge in [-0.2, -0.15) is 0 Å². The summed E-state index contributed by atoms with van der Waals surface area (Å²) in [6, 6.07) is 0. The summed E-state index contributed by atoms with van der Waals surface area (Å²) < 4.78 is 0. The normalized spacial score (nSPS) is 23.6. The zero-order valence-corrected chi connectivity index (χ0v) is 6.73. The van der Waals surface area contributed by atoms with Crippen molar-refractivity contribution < 1.29 is 4.79 Å². The van der Waals surface area contributed by atoms with Gasteiger partial charge in [-0.3, -0.25) is 9.78 Å². The Hall–Kier alpha value is -0.900. The lowest BCUT2D eigenvalue weighted by molar-refractivity contribution is -0.119. The molecular weight excluding hydrogens is 160 g/mol. The van der Waals surface area contributed by atoms with Gasteiger partial charge in [-0.15, -0.1) is 11.3 Å². The molecule has 2 heterocycles. The van der Waals surface area contributed by atoms with E-state index in [0.29, 0.717) is 12.3 Å². The van der Waals surface area contributed by atoms with E-state index >= 15 is 0 Å². The lowest BCUT2D eigenvalue weighted by Gasteiger charge is -1.99. The lowest BCUT2D eigenvalue weighted by atomic mass is 10.1. The summed E-state index contributed by atoms with van der Waals surface area (Å²) in [5.74, 6) is 0.526. The van der Waals surface area contributed by atoms with Crippen molar-refractivity contribution in [3.8, 4) is 0 Å². The highest BCUT2D eigenvalue weighted by molar-refractivity contribution is 7.09. The summed E-state index contributed by atoms with van der Waals surface area (Å²) >= 11 is 1.62. The smallest absolute Gasteiger partial charge is 0.220 e. The first-order valence-corrected chi connectivity index (χ1v) is 4.39. The van der Waals surface area contributed by atoms with Gasteiger partial charge in [0.05, 0.1) is 5.51 Å². The summed E-state index contributed by atoms with van der Waals surface area (Å²) in [7, 11) is 0. The van der Waals surface area contributed by atoms with Crippen LogP contribution in [-0.4, -0.2) is 17.4 Å². The minimum Gasteiger partial charge on any atom is -0.355 e. The number of aromatic nitrogens is 1. The number of nitrogens with one attached hydrogen (secondary N) is 1. The van der Waals surface area contributed by atoms with Crippen LogP contribution in [0.15, 0.2) is 11.7 Å². The summed E-state index contributed by atoms with van der Waals surface area (Å²) in [5, 5.41) is 2.80. The monoisotopic (exact) mass is 168 g/mol. The summed E-state index contributed by atoms with van der Waals surface area (Å²) in [5.41, 5.74) is 1.80. The molecule has 1 atom stereocenters. The Morgan fingerprint density at radius 2 is 2.64 bits per heavy atom. The summed E-state index contributed by atoms with van der Waals surface area (Å²) in [6.45, 7) is 0.779. The summed E-state index contributed by atoms with van der Waals surface area (Å²) in [4.78, 5) is 16.0. The maximum atomic E-state index is 10.8. The second kappa shape index (κ2) is 2.62. The van der Waals surface area contributed by atoms with E-state index in [0.717, 1.165) is 6.54 Å². The topological polar surface area (TPSA) is 42.0 Å². The minimum atomic E-state index is 0.156. The molecule has 3 nitrogen and oxygen atoms in total. The van der Waals surface area contributed by atoms with Crippen LogP contribution >= 0.6 is 11.3 Å². The second-order valence-electron chi connectivity index (χ2n) is 2.61. The highest BCUT2D eigenvalue weighted by Crippen LogP contribution is 2.25. The van der Waals surface area contributed by atoms with Crippen LogP contribution in [0.3, 0.4) is 0 Å². The van der Waals surface area contributed by atoms with E-state index < -0.39 is 0 Å². The predicted octanol–water partition coefficient (Wildman–Crippen LogP) is 0.747. The average Bonchev–Trinajstić information content (AvgIpc) is 2.55. The van der Waals surface area contributed by atoms with Crippen LogP contribution in [0.5, 0.6) is 0 Å². The van der Waals surface area contributed by atoms with Gasteiger partial charge in [0.15, 0.2) is 0 Å². The van der Waals surface area contributed by atoms with E-state index in [1.165, 1.54) is 4.88 Å². The molecule has 0 unspecified atom stereocenters. The van der Waals surface area contributed by atoms with Crippen LogP contribution in [0.1, 0.15) is 17.2 Å². The standard InChI is InChI=1S/C7H8N2OS/c10-7-1-5(2-9-7)6-3-8-4-11-6/h3-5H,1-2H2,(H,9,10)/t5-/m0/s1. The molecule has 1 N–H and O–H groups in total. The molecule has 0 saturated carbocycles. The van der Waals surface area contributed by atoms with Crippen LogP contribution in [-0.2, 0) is 4.79 Å². The largest absolute Gasteiger partial charge is 0.355 e. The molecule has 1 fully saturated rings. The van der Waals surface area contributed by atoms with E-state index in [1.807, 2.05) is 6.20 Å². The molecule has 0 bridgehead atoms. The van der Waals surface area contributed by atoms with Crippen molar-refractivity contribution in [2.24, 2.45) is 0 Å². The number of rotatable bonds is 1. The number of carbonyl (C=O) groups is 1. The molecule has 1 aromatic heterocycles. The molecule has 0 aromatic carbocycles. The van der Waals surface area contributed by atoms with Crippen molar-refractivity contribution in [1.82, 2.24) is 10.3 Å². The fourth-order valence-electron chi connectivity index (χ4n) is 1.23. The first-order chi connectivity index (χ1) is 5.36. The Bertz CT molecular complexity index is 257. The lowest BCUT2D eigenvalue weighted by Crippen LogP contribution is -2.13. The molecular formula is C7H8N2OS. The number of hydrogen-bond acceptors (Lipinski definition) is 3. The van der Waals surface area contributed by atoms with Gasteiger partial charge in [-0.25, -0.2) is 0 Å². The molecule has 58 valence electrons. The third-order valence-corrected chi connectivity index (χ3v) is 2.77. The fourth-order valence-corrected chi connectivity index (χ4v) is 1.96.